The molecule has 106 valence electrons. The van der Waals surface area contributed by atoms with Gasteiger partial charge in [-0.25, -0.2) is 0 Å². The molecule has 2 N–H and O–H groups in total. The predicted molar refractivity (Wildman–Crippen MR) is 73.3 cm³/mol. The minimum atomic E-state index is -0.0148. The lowest BCUT2D eigenvalue weighted by Gasteiger charge is -2.32. The van der Waals surface area contributed by atoms with Crippen LogP contribution in [0.3, 0.4) is 0 Å². The Bertz CT molecular complexity index is 261. The second-order valence-corrected chi connectivity index (χ2v) is 5.97. The van der Waals surface area contributed by atoms with E-state index >= 15 is 0 Å². The van der Waals surface area contributed by atoms with Gasteiger partial charge in [0.25, 0.3) is 0 Å². The van der Waals surface area contributed by atoms with Crippen LogP contribution in [0.4, 0.5) is 0 Å². The van der Waals surface area contributed by atoms with E-state index in [0.717, 1.165) is 32.5 Å². The Balaban J connectivity index is 2.45. The molecule has 0 bridgehead atoms. The molecule has 0 aromatic heterocycles. The van der Waals surface area contributed by atoms with Crippen molar-refractivity contribution in [3.63, 3.8) is 0 Å². The highest BCUT2D eigenvalue weighted by Crippen LogP contribution is 2.19. The van der Waals surface area contributed by atoms with E-state index in [4.69, 9.17) is 10.5 Å². The van der Waals surface area contributed by atoms with Gasteiger partial charge in [0.15, 0.2) is 0 Å². The van der Waals surface area contributed by atoms with Gasteiger partial charge >= 0.3 is 0 Å². The Kier molecular flexibility index (Phi) is 6.09. The molecule has 0 saturated carbocycles. The average Bonchev–Trinajstić information content (AvgIpc) is 2.37. The SMILES string of the molecule is CCN(CC(C)(C)CN)C(=O)CC1CCCCO1. The van der Waals surface area contributed by atoms with Gasteiger partial charge in [-0.1, -0.05) is 13.8 Å². The zero-order valence-electron chi connectivity index (χ0n) is 12.1. The highest BCUT2D eigenvalue weighted by Gasteiger charge is 2.25. The lowest BCUT2D eigenvalue weighted by Crippen LogP contribution is -2.43. The molecule has 4 nitrogen and oxygen atoms in total. The smallest absolute Gasteiger partial charge is 0.225 e. The number of rotatable bonds is 6. The standard InChI is InChI=1S/C14H28N2O2/c1-4-16(11-14(2,3)10-15)13(17)9-12-7-5-6-8-18-12/h12H,4-11,15H2,1-3H3. The Morgan fingerprint density at radius 3 is 2.67 bits per heavy atom. The van der Waals surface area contributed by atoms with Gasteiger partial charge in [0, 0.05) is 19.7 Å². The summed E-state index contributed by atoms with van der Waals surface area (Å²) in [7, 11) is 0. The molecule has 1 heterocycles. The van der Waals surface area contributed by atoms with Crippen molar-refractivity contribution >= 4 is 5.91 Å². The second-order valence-electron chi connectivity index (χ2n) is 5.97. The van der Waals surface area contributed by atoms with Crippen LogP contribution >= 0.6 is 0 Å². The first-order chi connectivity index (χ1) is 8.48. The van der Waals surface area contributed by atoms with E-state index in [1.54, 1.807) is 0 Å². The molecule has 1 saturated heterocycles. The third-order valence-electron chi connectivity index (χ3n) is 3.58. The van der Waals surface area contributed by atoms with Crippen LogP contribution in [-0.4, -0.2) is 43.2 Å². The van der Waals surface area contributed by atoms with Crippen LogP contribution < -0.4 is 5.73 Å². The summed E-state index contributed by atoms with van der Waals surface area (Å²) in [6, 6.07) is 0. The monoisotopic (exact) mass is 256 g/mol. The zero-order valence-corrected chi connectivity index (χ0v) is 12.1. The van der Waals surface area contributed by atoms with E-state index in [2.05, 4.69) is 13.8 Å². The lowest BCUT2D eigenvalue weighted by molar-refractivity contribution is -0.136. The maximum Gasteiger partial charge on any atom is 0.225 e. The Hall–Kier alpha value is -0.610. The van der Waals surface area contributed by atoms with Gasteiger partial charge in [-0.2, -0.15) is 0 Å². The highest BCUT2D eigenvalue weighted by molar-refractivity contribution is 5.76. The first-order valence-electron chi connectivity index (χ1n) is 7.08. The second kappa shape index (κ2) is 7.10. The summed E-state index contributed by atoms with van der Waals surface area (Å²) in [5, 5.41) is 0. The van der Waals surface area contributed by atoms with Crippen molar-refractivity contribution in [2.45, 2.75) is 52.6 Å². The number of carbonyl (C=O) groups is 1. The van der Waals surface area contributed by atoms with E-state index in [9.17, 15) is 4.79 Å². The summed E-state index contributed by atoms with van der Waals surface area (Å²) in [4.78, 5) is 14.1. The van der Waals surface area contributed by atoms with Crippen LogP contribution in [0, 0.1) is 5.41 Å². The molecule has 1 aliphatic rings. The van der Waals surface area contributed by atoms with Gasteiger partial charge in [-0.05, 0) is 38.1 Å². The first-order valence-corrected chi connectivity index (χ1v) is 7.08. The van der Waals surface area contributed by atoms with E-state index in [1.807, 2.05) is 11.8 Å². The molecule has 0 spiro atoms. The number of amides is 1. The quantitative estimate of drug-likeness (QED) is 0.788. The van der Waals surface area contributed by atoms with Crippen molar-refractivity contribution < 1.29 is 9.53 Å². The van der Waals surface area contributed by atoms with E-state index < -0.39 is 0 Å². The molecule has 4 heteroatoms. The van der Waals surface area contributed by atoms with Crippen LogP contribution in [0.15, 0.2) is 0 Å². The summed E-state index contributed by atoms with van der Waals surface area (Å²) in [5.74, 6) is 0.200. The Labute approximate surface area is 111 Å². The van der Waals surface area contributed by atoms with E-state index in [-0.39, 0.29) is 17.4 Å². The summed E-state index contributed by atoms with van der Waals surface area (Å²) in [6.45, 7) is 9.09. The normalized spacial score (nSPS) is 20.8. The maximum absolute atomic E-state index is 12.2. The van der Waals surface area contributed by atoms with Crippen LogP contribution in [0.5, 0.6) is 0 Å². The van der Waals surface area contributed by atoms with Gasteiger partial charge in [0.1, 0.15) is 0 Å². The fraction of sp³-hybridized carbons (Fsp3) is 0.929. The summed E-state index contributed by atoms with van der Waals surface area (Å²) >= 11 is 0. The molecular formula is C14H28N2O2. The number of nitrogens with two attached hydrogens (primary N) is 1. The molecule has 0 radical (unpaired) electrons. The van der Waals surface area contributed by atoms with Crippen molar-refractivity contribution in [1.29, 1.82) is 0 Å². The van der Waals surface area contributed by atoms with Crippen molar-refractivity contribution in [2.75, 3.05) is 26.2 Å². The van der Waals surface area contributed by atoms with Crippen LogP contribution in [0.25, 0.3) is 0 Å². The minimum Gasteiger partial charge on any atom is -0.378 e. The lowest BCUT2D eigenvalue weighted by atomic mass is 9.92. The largest absolute Gasteiger partial charge is 0.378 e. The number of hydrogen-bond donors (Lipinski definition) is 1. The third-order valence-corrected chi connectivity index (χ3v) is 3.58. The molecule has 18 heavy (non-hydrogen) atoms. The van der Waals surface area contributed by atoms with E-state index in [1.165, 1.54) is 6.42 Å². The van der Waals surface area contributed by atoms with Gasteiger partial charge in [0.2, 0.25) is 5.91 Å². The summed E-state index contributed by atoms with van der Waals surface area (Å²) in [6.07, 6.45) is 3.97. The molecule has 1 fully saturated rings. The van der Waals surface area contributed by atoms with Gasteiger partial charge in [-0.15, -0.1) is 0 Å². The third kappa shape index (κ3) is 4.94. The first kappa shape index (κ1) is 15.4. The molecule has 1 unspecified atom stereocenters. The van der Waals surface area contributed by atoms with Gasteiger partial charge < -0.3 is 15.4 Å². The van der Waals surface area contributed by atoms with Crippen LogP contribution in [0.2, 0.25) is 0 Å². The van der Waals surface area contributed by atoms with Crippen molar-refractivity contribution in [3.05, 3.63) is 0 Å². The Morgan fingerprint density at radius 2 is 2.17 bits per heavy atom. The summed E-state index contributed by atoms with van der Waals surface area (Å²) in [5.41, 5.74) is 5.72. The number of nitrogens with zero attached hydrogens (tertiary/aromatic N) is 1. The predicted octanol–water partition coefficient (Wildman–Crippen LogP) is 1.78. The molecular weight excluding hydrogens is 228 g/mol. The molecule has 1 atom stereocenters. The molecule has 1 amide bonds. The van der Waals surface area contributed by atoms with Gasteiger partial charge in [-0.3, -0.25) is 4.79 Å². The highest BCUT2D eigenvalue weighted by atomic mass is 16.5. The molecule has 1 aliphatic heterocycles. The summed E-state index contributed by atoms with van der Waals surface area (Å²) < 4.78 is 5.63. The van der Waals surface area contributed by atoms with Gasteiger partial charge in [0.05, 0.1) is 12.5 Å². The van der Waals surface area contributed by atoms with Crippen LogP contribution in [0.1, 0.15) is 46.5 Å². The Morgan fingerprint density at radius 1 is 1.44 bits per heavy atom. The number of carbonyl (C=O) groups excluding carboxylic acids is 1. The number of hydrogen-bond acceptors (Lipinski definition) is 3. The van der Waals surface area contributed by atoms with Crippen molar-refractivity contribution in [2.24, 2.45) is 11.1 Å². The fourth-order valence-electron chi connectivity index (χ4n) is 2.25. The molecule has 0 aromatic carbocycles. The van der Waals surface area contributed by atoms with Crippen molar-refractivity contribution in [1.82, 2.24) is 4.90 Å². The number of ether oxygens (including phenoxy) is 1. The average molecular weight is 256 g/mol. The molecule has 1 rings (SSSR count). The maximum atomic E-state index is 12.2. The zero-order chi connectivity index (χ0) is 13.6. The molecule has 0 aromatic rings. The van der Waals surface area contributed by atoms with E-state index in [0.29, 0.717) is 13.0 Å². The topological polar surface area (TPSA) is 55.6 Å². The van der Waals surface area contributed by atoms with Crippen molar-refractivity contribution in [3.8, 4) is 0 Å². The minimum absolute atomic E-state index is 0.0148. The fourth-order valence-corrected chi connectivity index (χ4v) is 2.25. The molecule has 0 aliphatic carbocycles. The van der Waals surface area contributed by atoms with Crippen LogP contribution in [-0.2, 0) is 9.53 Å².